The molecule has 0 saturated carbocycles. The van der Waals surface area contributed by atoms with Crippen molar-refractivity contribution in [3.05, 3.63) is 35.1 Å². The highest BCUT2D eigenvalue weighted by molar-refractivity contribution is 5.99. The largest absolute Gasteiger partial charge is 0.451 e. The Bertz CT molecular complexity index is 817. The van der Waals surface area contributed by atoms with E-state index in [1.807, 2.05) is 30.9 Å². The Hall–Kier alpha value is -1.85. The number of nitrogens with zero attached hydrogens (tertiary/aromatic N) is 1. The molecule has 140 valence electrons. The smallest absolute Gasteiger partial charge is 0.289 e. The van der Waals surface area contributed by atoms with E-state index in [9.17, 15) is 4.79 Å². The van der Waals surface area contributed by atoms with E-state index in [1.54, 1.807) is 7.11 Å². The van der Waals surface area contributed by atoms with Crippen molar-refractivity contribution in [2.75, 3.05) is 26.8 Å². The Labute approximate surface area is 154 Å². The van der Waals surface area contributed by atoms with Gasteiger partial charge in [0.2, 0.25) is 0 Å². The number of aryl methyl sites for hydroxylation is 2. The first-order valence-electron chi connectivity index (χ1n) is 9.50. The lowest BCUT2D eigenvalue weighted by Crippen LogP contribution is -2.56. The van der Waals surface area contributed by atoms with Crippen LogP contribution in [0.3, 0.4) is 0 Å². The molecular formula is C21H27NO4. The molecule has 0 radical (unpaired) electrons. The van der Waals surface area contributed by atoms with Crippen LogP contribution in [0.1, 0.15) is 47.4 Å². The summed E-state index contributed by atoms with van der Waals surface area (Å²) in [6.07, 6.45) is 3.84. The number of methoxy groups -OCH3 is 1. The van der Waals surface area contributed by atoms with Crippen LogP contribution < -0.4 is 0 Å². The van der Waals surface area contributed by atoms with E-state index in [0.29, 0.717) is 18.8 Å². The molecule has 2 fully saturated rings. The molecule has 0 unspecified atom stereocenters. The van der Waals surface area contributed by atoms with Gasteiger partial charge in [0.15, 0.2) is 5.76 Å². The molecule has 26 heavy (non-hydrogen) atoms. The first kappa shape index (κ1) is 17.6. The minimum absolute atomic E-state index is 0.0176. The van der Waals surface area contributed by atoms with Crippen molar-refractivity contribution in [3.8, 4) is 0 Å². The average Bonchev–Trinajstić information content (AvgIpc) is 2.98. The third kappa shape index (κ3) is 2.83. The van der Waals surface area contributed by atoms with Crippen molar-refractivity contribution in [2.24, 2.45) is 0 Å². The standard InChI is InChI=1S/C21H27NO4/c1-14-6-7-17-16(13-14)15(2)19(26-17)20(23)22-10-8-21(9-11-22)18(24-3)5-4-12-25-21/h6-7,13,18H,4-5,8-12H2,1-3H3/t18-/m1/s1. The van der Waals surface area contributed by atoms with Gasteiger partial charge < -0.3 is 18.8 Å². The molecule has 3 heterocycles. The Morgan fingerprint density at radius 2 is 2.04 bits per heavy atom. The number of likely N-dealkylation sites (tertiary alicyclic amines) is 1. The molecule has 1 atom stereocenters. The monoisotopic (exact) mass is 357 g/mol. The topological polar surface area (TPSA) is 51.9 Å². The second-order valence-corrected chi connectivity index (χ2v) is 7.63. The Morgan fingerprint density at radius 1 is 1.27 bits per heavy atom. The fourth-order valence-corrected chi connectivity index (χ4v) is 4.47. The second-order valence-electron chi connectivity index (χ2n) is 7.63. The number of fused-ring (bicyclic) bond motifs is 1. The lowest BCUT2D eigenvalue weighted by Gasteiger charge is -2.47. The summed E-state index contributed by atoms with van der Waals surface area (Å²) >= 11 is 0. The molecule has 0 aliphatic carbocycles. The van der Waals surface area contributed by atoms with Gasteiger partial charge in [-0.05, 0) is 51.7 Å². The number of carbonyl (C=O) groups excluding carboxylic acids is 1. The van der Waals surface area contributed by atoms with E-state index >= 15 is 0 Å². The molecule has 4 rings (SSSR count). The third-order valence-electron chi connectivity index (χ3n) is 6.05. The van der Waals surface area contributed by atoms with Crippen molar-refractivity contribution in [3.63, 3.8) is 0 Å². The van der Waals surface area contributed by atoms with Crippen LogP contribution in [0, 0.1) is 13.8 Å². The molecule has 1 aromatic heterocycles. The number of piperidine rings is 1. The molecule has 0 N–H and O–H groups in total. The maximum Gasteiger partial charge on any atom is 0.289 e. The van der Waals surface area contributed by atoms with Crippen molar-refractivity contribution in [1.82, 2.24) is 4.90 Å². The molecule has 2 saturated heterocycles. The van der Waals surface area contributed by atoms with Gasteiger partial charge >= 0.3 is 0 Å². The molecule has 5 nitrogen and oxygen atoms in total. The van der Waals surface area contributed by atoms with Gasteiger partial charge in [-0.25, -0.2) is 0 Å². The minimum atomic E-state index is -0.232. The summed E-state index contributed by atoms with van der Waals surface area (Å²) in [7, 11) is 1.76. The van der Waals surface area contributed by atoms with Crippen LogP contribution in [0.5, 0.6) is 0 Å². The van der Waals surface area contributed by atoms with Crippen LogP contribution in [0.15, 0.2) is 22.6 Å². The number of carbonyl (C=O) groups is 1. The van der Waals surface area contributed by atoms with E-state index in [1.165, 1.54) is 5.56 Å². The normalized spacial score (nSPS) is 22.9. The summed E-state index contributed by atoms with van der Waals surface area (Å²) in [5, 5.41) is 1.02. The van der Waals surface area contributed by atoms with Gasteiger partial charge in [0, 0.05) is 37.8 Å². The molecular weight excluding hydrogens is 330 g/mol. The van der Waals surface area contributed by atoms with Crippen molar-refractivity contribution in [2.45, 2.75) is 51.2 Å². The highest BCUT2D eigenvalue weighted by atomic mass is 16.5. The summed E-state index contributed by atoms with van der Waals surface area (Å²) in [6.45, 7) is 6.15. The second kappa shape index (κ2) is 6.71. The van der Waals surface area contributed by atoms with Gasteiger partial charge in [-0.2, -0.15) is 0 Å². The van der Waals surface area contributed by atoms with E-state index in [4.69, 9.17) is 13.9 Å². The zero-order chi connectivity index (χ0) is 18.3. The lowest BCUT2D eigenvalue weighted by atomic mass is 9.81. The maximum absolute atomic E-state index is 13.1. The highest BCUT2D eigenvalue weighted by Crippen LogP contribution is 2.37. The van der Waals surface area contributed by atoms with Crippen molar-refractivity contribution < 1.29 is 18.7 Å². The van der Waals surface area contributed by atoms with Crippen LogP contribution >= 0.6 is 0 Å². The summed E-state index contributed by atoms with van der Waals surface area (Å²) in [5.74, 6) is 0.449. The molecule has 2 aromatic rings. The van der Waals surface area contributed by atoms with Gasteiger partial charge in [-0.3, -0.25) is 4.79 Å². The SMILES string of the molecule is CO[C@@H]1CCCOC12CCN(C(=O)c1oc3ccc(C)cc3c1C)CC2. The van der Waals surface area contributed by atoms with Gasteiger partial charge in [-0.1, -0.05) is 11.6 Å². The van der Waals surface area contributed by atoms with Crippen LogP contribution in [-0.2, 0) is 9.47 Å². The molecule has 1 amide bonds. The fourth-order valence-electron chi connectivity index (χ4n) is 4.47. The van der Waals surface area contributed by atoms with Crippen LogP contribution in [0.25, 0.3) is 11.0 Å². The predicted octanol–water partition coefficient (Wildman–Crippen LogP) is 3.85. The lowest BCUT2D eigenvalue weighted by molar-refractivity contribution is -0.183. The van der Waals surface area contributed by atoms with Crippen LogP contribution in [-0.4, -0.2) is 49.3 Å². The van der Waals surface area contributed by atoms with E-state index in [2.05, 4.69) is 6.07 Å². The number of benzene rings is 1. The van der Waals surface area contributed by atoms with Crippen LogP contribution in [0.4, 0.5) is 0 Å². The highest BCUT2D eigenvalue weighted by Gasteiger charge is 2.45. The van der Waals surface area contributed by atoms with E-state index in [0.717, 1.165) is 48.8 Å². The molecule has 1 spiro atoms. The summed E-state index contributed by atoms with van der Waals surface area (Å²) in [6, 6.07) is 6.03. The van der Waals surface area contributed by atoms with Crippen molar-refractivity contribution >= 4 is 16.9 Å². The minimum Gasteiger partial charge on any atom is -0.451 e. The predicted molar refractivity (Wildman–Crippen MR) is 99.5 cm³/mol. The Morgan fingerprint density at radius 3 is 2.77 bits per heavy atom. The summed E-state index contributed by atoms with van der Waals surface area (Å²) in [4.78, 5) is 15.0. The Balaban J connectivity index is 1.53. The molecule has 5 heteroatoms. The van der Waals surface area contributed by atoms with Crippen molar-refractivity contribution in [1.29, 1.82) is 0 Å². The number of ether oxygens (including phenoxy) is 2. The maximum atomic E-state index is 13.1. The number of rotatable bonds is 2. The van der Waals surface area contributed by atoms with E-state index in [-0.39, 0.29) is 17.6 Å². The van der Waals surface area contributed by atoms with Crippen LogP contribution in [0.2, 0.25) is 0 Å². The average molecular weight is 357 g/mol. The number of furan rings is 1. The number of amides is 1. The zero-order valence-corrected chi connectivity index (χ0v) is 15.8. The number of hydrogen-bond donors (Lipinski definition) is 0. The van der Waals surface area contributed by atoms with Gasteiger partial charge in [0.25, 0.3) is 5.91 Å². The first-order valence-corrected chi connectivity index (χ1v) is 9.50. The molecule has 2 aliphatic heterocycles. The van der Waals surface area contributed by atoms with Gasteiger partial charge in [0.05, 0.1) is 11.7 Å². The number of hydrogen-bond acceptors (Lipinski definition) is 4. The quantitative estimate of drug-likeness (QED) is 0.819. The third-order valence-corrected chi connectivity index (χ3v) is 6.05. The van der Waals surface area contributed by atoms with Gasteiger partial charge in [0.1, 0.15) is 5.58 Å². The molecule has 0 bridgehead atoms. The zero-order valence-electron chi connectivity index (χ0n) is 15.8. The van der Waals surface area contributed by atoms with Gasteiger partial charge in [-0.15, -0.1) is 0 Å². The molecule has 2 aliphatic rings. The first-order chi connectivity index (χ1) is 12.5. The summed E-state index contributed by atoms with van der Waals surface area (Å²) < 4.78 is 17.7. The van der Waals surface area contributed by atoms with E-state index < -0.39 is 0 Å². The molecule has 1 aromatic carbocycles. The summed E-state index contributed by atoms with van der Waals surface area (Å²) in [5.41, 5.74) is 2.64. The fraction of sp³-hybridized carbons (Fsp3) is 0.571. The Kier molecular flexibility index (Phi) is 4.53.